The van der Waals surface area contributed by atoms with Crippen molar-refractivity contribution >= 4 is 17.5 Å². The smallest absolute Gasteiger partial charge is 0.227 e. The molecule has 0 bridgehead atoms. The van der Waals surface area contributed by atoms with E-state index < -0.39 is 5.41 Å². The fourth-order valence-corrected chi connectivity index (χ4v) is 2.36. The average molecular weight is 246 g/mol. The van der Waals surface area contributed by atoms with Crippen molar-refractivity contribution in [2.45, 2.75) is 58.9 Å². The Morgan fingerprint density at radius 2 is 2.12 bits per heavy atom. The lowest BCUT2D eigenvalue weighted by molar-refractivity contribution is -0.129. The molecule has 0 aromatic carbocycles. The Hall–Kier alpha value is -0.240. The lowest BCUT2D eigenvalue weighted by atomic mass is 9.83. The molecule has 0 spiro atoms. The van der Waals surface area contributed by atoms with Crippen LogP contribution in [-0.4, -0.2) is 17.8 Å². The van der Waals surface area contributed by atoms with Crippen LogP contribution >= 0.6 is 11.6 Å². The maximum atomic E-state index is 12.0. The van der Waals surface area contributed by atoms with Gasteiger partial charge in [-0.1, -0.05) is 26.2 Å². The molecular formula is C13H24ClNO. The monoisotopic (exact) mass is 245 g/mol. The lowest BCUT2D eigenvalue weighted by Gasteiger charge is -2.31. The second-order valence-electron chi connectivity index (χ2n) is 5.63. The van der Waals surface area contributed by atoms with Gasteiger partial charge in [0.05, 0.1) is 5.41 Å². The Morgan fingerprint density at radius 3 is 2.69 bits per heavy atom. The van der Waals surface area contributed by atoms with E-state index in [9.17, 15) is 4.79 Å². The second kappa shape index (κ2) is 5.90. The lowest BCUT2D eigenvalue weighted by Crippen LogP contribution is -2.45. The molecule has 0 saturated heterocycles. The molecule has 2 atom stereocenters. The summed E-state index contributed by atoms with van der Waals surface area (Å²) < 4.78 is 0. The van der Waals surface area contributed by atoms with Gasteiger partial charge in [0.15, 0.2) is 0 Å². The standard InChI is InChI=1S/C13H24ClNO/c1-4-10-6-5-7-11(8-10)15-12(16)13(2,3)9-14/h10-11H,4-9H2,1-3H3,(H,15,16). The van der Waals surface area contributed by atoms with Crippen LogP contribution in [0, 0.1) is 11.3 Å². The molecule has 3 heteroatoms. The fourth-order valence-electron chi connectivity index (χ4n) is 2.23. The summed E-state index contributed by atoms with van der Waals surface area (Å²) in [5, 5.41) is 3.15. The molecule has 1 aliphatic carbocycles. The van der Waals surface area contributed by atoms with Crippen LogP contribution in [0.1, 0.15) is 52.9 Å². The van der Waals surface area contributed by atoms with E-state index in [2.05, 4.69) is 12.2 Å². The number of amides is 1. The molecule has 2 nitrogen and oxygen atoms in total. The minimum absolute atomic E-state index is 0.101. The second-order valence-corrected chi connectivity index (χ2v) is 5.90. The van der Waals surface area contributed by atoms with Gasteiger partial charge in [0.1, 0.15) is 0 Å². The molecule has 0 aromatic heterocycles. The molecule has 1 N–H and O–H groups in total. The predicted octanol–water partition coefficient (Wildman–Crippen LogP) is 3.34. The Kier molecular flexibility index (Phi) is 5.10. The van der Waals surface area contributed by atoms with Crippen LogP contribution in [0.5, 0.6) is 0 Å². The van der Waals surface area contributed by atoms with E-state index >= 15 is 0 Å². The summed E-state index contributed by atoms with van der Waals surface area (Å²) in [5.41, 5.74) is -0.444. The number of halogens is 1. The molecule has 0 radical (unpaired) electrons. The van der Waals surface area contributed by atoms with E-state index in [0.717, 1.165) is 18.8 Å². The molecule has 0 aliphatic heterocycles. The third kappa shape index (κ3) is 3.65. The van der Waals surface area contributed by atoms with Crippen LogP contribution in [-0.2, 0) is 4.79 Å². The van der Waals surface area contributed by atoms with Crippen molar-refractivity contribution in [1.29, 1.82) is 0 Å². The van der Waals surface area contributed by atoms with Crippen LogP contribution in [0.25, 0.3) is 0 Å². The minimum atomic E-state index is -0.444. The van der Waals surface area contributed by atoms with Crippen molar-refractivity contribution in [2.75, 3.05) is 5.88 Å². The normalized spacial score (nSPS) is 26.5. The third-order valence-corrected chi connectivity index (χ3v) is 4.31. The van der Waals surface area contributed by atoms with Crippen molar-refractivity contribution in [3.05, 3.63) is 0 Å². The summed E-state index contributed by atoms with van der Waals surface area (Å²) in [7, 11) is 0. The first-order valence-electron chi connectivity index (χ1n) is 6.36. The highest BCUT2D eigenvalue weighted by molar-refractivity contribution is 6.19. The van der Waals surface area contributed by atoms with Crippen LogP contribution < -0.4 is 5.32 Å². The molecular weight excluding hydrogens is 222 g/mol. The van der Waals surface area contributed by atoms with Gasteiger partial charge in [0, 0.05) is 11.9 Å². The molecule has 1 rings (SSSR count). The summed E-state index contributed by atoms with van der Waals surface area (Å²) in [6, 6.07) is 0.369. The highest BCUT2D eigenvalue weighted by Gasteiger charge is 2.30. The van der Waals surface area contributed by atoms with E-state index in [-0.39, 0.29) is 5.91 Å². The van der Waals surface area contributed by atoms with Crippen molar-refractivity contribution in [3.63, 3.8) is 0 Å². The van der Waals surface area contributed by atoms with Crippen LogP contribution in [0.3, 0.4) is 0 Å². The first-order valence-corrected chi connectivity index (χ1v) is 6.90. The summed E-state index contributed by atoms with van der Waals surface area (Å²) in [6.07, 6.45) is 6.05. The van der Waals surface area contributed by atoms with E-state index in [1.807, 2.05) is 13.8 Å². The number of carbonyl (C=O) groups is 1. The third-order valence-electron chi connectivity index (χ3n) is 3.64. The SMILES string of the molecule is CCC1CCCC(NC(=O)C(C)(C)CCl)C1. The number of carbonyl (C=O) groups excluding carboxylic acids is 1. The number of hydrogen-bond donors (Lipinski definition) is 1. The molecule has 2 unspecified atom stereocenters. The number of rotatable bonds is 4. The maximum Gasteiger partial charge on any atom is 0.227 e. The fraction of sp³-hybridized carbons (Fsp3) is 0.923. The van der Waals surface area contributed by atoms with Gasteiger partial charge in [0.25, 0.3) is 0 Å². The topological polar surface area (TPSA) is 29.1 Å². The molecule has 1 aliphatic rings. The van der Waals surface area contributed by atoms with Crippen LogP contribution in [0.4, 0.5) is 0 Å². The molecule has 0 aromatic rings. The highest BCUT2D eigenvalue weighted by Crippen LogP contribution is 2.27. The number of nitrogens with one attached hydrogen (secondary N) is 1. The van der Waals surface area contributed by atoms with Gasteiger partial charge in [0.2, 0.25) is 5.91 Å². The summed E-state index contributed by atoms with van der Waals surface area (Å²) in [5.74, 6) is 1.27. The minimum Gasteiger partial charge on any atom is -0.353 e. The first kappa shape index (κ1) is 13.8. The summed E-state index contributed by atoms with van der Waals surface area (Å²) in [4.78, 5) is 12.0. The summed E-state index contributed by atoms with van der Waals surface area (Å²) in [6.45, 7) is 6.03. The Morgan fingerprint density at radius 1 is 1.44 bits per heavy atom. The van der Waals surface area contributed by atoms with Gasteiger partial charge < -0.3 is 5.32 Å². The number of hydrogen-bond acceptors (Lipinski definition) is 1. The van der Waals surface area contributed by atoms with Crippen LogP contribution in [0.2, 0.25) is 0 Å². The van der Waals surface area contributed by atoms with E-state index in [1.165, 1.54) is 19.3 Å². The van der Waals surface area contributed by atoms with Crippen molar-refractivity contribution < 1.29 is 4.79 Å². The Bertz CT molecular complexity index is 240. The van der Waals surface area contributed by atoms with Gasteiger partial charge in [-0.15, -0.1) is 11.6 Å². The maximum absolute atomic E-state index is 12.0. The van der Waals surface area contributed by atoms with Gasteiger partial charge in [-0.3, -0.25) is 4.79 Å². The molecule has 16 heavy (non-hydrogen) atoms. The molecule has 94 valence electrons. The van der Waals surface area contributed by atoms with Crippen molar-refractivity contribution in [2.24, 2.45) is 11.3 Å². The van der Waals surface area contributed by atoms with Gasteiger partial charge in [-0.25, -0.2) is 0 Å². The zero-order valence-electron chi connectivity index (χ0n) is 10.7. The Balaban J connectivity index is 2.45. The molecule has 0 heterocycles. The predicted molar refractivity (Wildman–Crippen MR) is 68.7 cm³/mol. The summed E-state index contributed by atoms with van der Waals surface area (Å²) >= 11 is 5.80. The van der Waals surface area contributed by atoms with Crippen LogP contribution in [0.15, 0.2) is 0 Å². The van der Waals surface area contributed by atoms with Gasteiger partial charge in [-0.05, 0) is 32.6 Å². The van der Waals surface area contributed by atoms with E-state index in [4.69, 9.17) is 11.6 Å². The van der Waals surface area contributed by atoms with E-state index in [0.29, 0.717) is 11.9 Å². The van der Waals surface area contributed by atoms with Gasteiger partial charge in [-0.2, -0.15) is 0 Å². The first-order chi connectivity index (χ1) is 7.49. The quantitative estimate of drug-likeness (QED) is 0.757. The zero-order chi connectivity index (χ0) is 12.2. The highest BCUT2D eigenvalue weighted by atomic mass is 35.5. The average Bonchev–Trinajstić information content (AvgIpc) is 2.29. The van der Waals surface area contributed by atoms with E-state index in [1.54, 1.807) is 0 Å². The number of alkyl halides is 1. The van der Waals surface area contributed by atoms with Gasteiger partial charge >= 0.3 is 0 Å². The molecule has 1 saturated carbocycles. The van der Waals surface area contributed by atoms with Crippen molar-refractivity contribution in [1.82, 2.24) is 5.32 Å². The van der Waals surface area contributed by atoms with Crippen molar-refractivity contribution in [3.8, 4) is 0 Å². The Labute approximate surface area is 104 Å². The molecule has 1 fully saturated rings. The zero-order valence-corrected chi connectivity index (χ0v) is 11.4. The molecule has 1 amide bonds. The largest absolute Gasteiger partial charge is 0.353 e.